The van der Waals surface area contributed by atoms with E-state index in [1.165, 1.54) is 0 Å². The highest BCUT2D eigenvalue weighted by atomic mass is 16.1. The highest BCUT2D eigenvalue weighted by Crippen LogP contribution is 2.13. The van der Waals surface area contributed by atoms with Crippen LogP contribution < -0.4 is 4.90 Å². The van der Waals surface area contributed by atoms with E-state index in [4.69, 9.17) is 0 Å². The van der Waals surface area contributed by atoms with Gasteiger partial charge < -0.3 is 4.90 Å². The SMILES string of the molecule is CCc1cnc(N2CCC(=O)CC2)nc1. The van der Waals surface area contributed by atoms with Crippen molar-refractivity contribution in [2.45, 2.75) is 26.2 Å². The highest BCUT2D eigenvalue weighted by Gasteiger charge is 2.17. The normalized spacial score (nSPS) is 16.9. The van der Waals surface area contributed by atoms with Gasteiger partial charge in [-0.25, -0.2) is 9.97 Å². The van der Waals surface area contributed by atoms with Gasteiger partial charge in [-0.1, -0.05) is 6.92 Å². The second kappa shape index (κ2) is 4.38. The predicted molar refractivity (Wildman–Crippen MR) is 57.9 cm³/mol. The summed E-state index contributed by atoms with van der Waals surface area (Å²) in [4.78, 5) is 21.7. The van der Waals surface area contributed by atoms with Gasteiger partial charge in [0, 0.05) is 38.3 Å². The first-order valence-electron chi connectivity index (χ1n) is 5.37. The van der Waals surface area contributed by atoms with Gasteiger partial charge in [0.25, 0.3) is 0 Å². The molecule has 80 valence electrons. The third-order valence-corrected chi connectivity index (χ3v) is 2.70. The molecule has 0 amide bonds. The predicted octanol–water partition coefficient (Wildman–Crippen LogP) is 1.21. The lowest BCUT2D eigenvalue weighted by molar-refractivity contribution is -0.119. The molecule has 0 aliphatic carbocycles. The Kier molecular flexibility index (Phi) is 2.94. The van der Waals surface area contributed by atoms with Gasteiger partial charge >= 0.3 is 0 Å². The van der Waals surface area contributed by atoms with Gasteiger partial charge in [-0.3, -0.25) is 4.79 Å². The number of carbonyl (C=O) groups excluding carboxylic acids is 1. The summed E-state index contributed by atoms with van der Waals surface area (Å²) in [6.45, 7) is 3.59. The molecule has 0 unspecified atom stereocenters. The second-order valence-electron chi connectivity index (χ2n) is 3.77. The average Bonchev–Trinajstić information content (AvgIpc) is 2.30. The van der Waals surface area contributed by atoms with Crippen molar-refractivity contribution in [3.05, 3.63) is 18.0 Å². The van der Waals surface area contributed by atoms with Gasteiger partial charge in [-0.2, -0.15) is 0 Å². The van der Waals surface area contributed by atoms with Crippen molar-refractivity contribution in [2.24, 2.45) is 0 Å². The highest BCUT2D eigenvalue weighted by molar-refractivity contribution is 5.80. The summed E-state index contributed by atoms with van der Waals surface area (Å²) in [6.07, 6.45) is 5.92. The zero-order valence-electron chi connectivity index (χ0n) is 8.94. The summed E-state index contributed by atoms with van der Waals surface area (Å²) in [6, 6.07) is 0. The van der Waals surface area contributed by atoms with Gasteiger partial charge in [0.15, 0.2) is 0 Å². The Labute approximate surface area is 89.3 Å². The van der Waals surface area contributed by atoms with E-state index in [9.17, 15) is 4.79 Å². The molecule has 4 nitrogen and oxygen atoms in total. The number of ketones is 1. The zero-order chi connectivity index (χ0) is 10.7. The monoisotopic (exact) mass is 205 g/mol. The number of Topliss-reactive ketones (excluding diaryl/α,β-unsaturated/α-hetero) is 1. The maximum atomic E-state index is 11.1. The molecule has 0 spiro atoms. The van der Waals surface area contributed by atoms with E-state index in [1.807, 2.05) is 12.4 Å². The number of rotatable bonds is 2. The molecule has 0 radical (unpaired) electrons. The summed E-state index contributed by atoms with van der Waals surface area (Å²) in [5, 5.41) is 0. The van der Waals surface area contributed by atoms with Crippen LogP contribution in [-0.2, 0) is 11.2 Å². The Morgan fingerprint density at radius 1 is 1.27 bits per heavy atom. The number of aromatic nitrogens is 2. The standard InChI is InChI=1S/C11H15N3O/c1-2-9-7-12-11(13-8-9)14-5-3-10(15)4-6-14/h7-8H,2-6H2,1H3. The number of hydrogen-bond donors (Lipinski definition) is 0. The Bertz CT molecular complexity index is 337. The molecule has 4 heteroatoms. The van der Waals surface area contributed by atoms with Gasteiger partial charge in [0.2, 0.25) is 5.95 Å². The average molecular weight is 205 g/mol. The van der Waals surface area contributed by atoms with Gasteiger partial charge in [0.05, 0.1) is 0 Å². The molecule has 2 rings (SSSR count). The molecule has 0 aromatic carbocycles. The first-order chi connectivity index (χ1) is 7.29. The number of nitrogens with zero attached hydrogens (tertiary/aromatic N) is 3. The summed E-state index contributed by atoms with van der Waals surface area (Å²) in [5.41, 5.74) is 1.15. The molecule has 1 aliphatic rings. The minimum absolute atomic E-state index is 0.344. The summed E-state index contributed by atoms with van der Waals surface area (Å²) in [5.74, 6) is 1.09. The summed E-state index contributed by atoms with van der Waals surface area (Å²) in [7, 11) is 0. The molecule has 1 aromatic rings. The third kappa shape index (κ3) is 2.32. The molecule has 1 aromatic heterocycles. The van der Waals surface area contributed by atoms with E-state index in [1.54, 1.807) is 0 Å². The molecular weight excluding hydrogens is 190 g/mol. The van der Waals surface area contributed by atoms with Crippen LogP contribution in [0.3, 0.4) is 0 Å². The Morgan fingerprint density at radius 2 is 1.87 bits per heavy atom. The van der Waals surface area contributed by atoms with Crippen LogP contribution in [0, 0.1) is 0 Å². The van der Waals surface area contributed by atoms with Crippen LogP contribution in [0.5, 0.6) is 0 Å². The van der Waals surface area contributed by atoms with E-state index in [-0.39, 0.29) is 0 Å². The van der Waals surface area contributed by atoms with Crippen molar-refractivity contribution in [3.8, 4) is 0 Å². The minimum atomic E-state index is 0.344. The number of carbonyl (C=O) groups is 1. The fourth-order valence-corrected chi connectivity index (χ4v) is 1.65. The Balaban J connectivity index is 2.06. The van der Waals surface area contributed by atoms with Crippen molar-refractivity contribution >= 4 is 11.7 Å². The van der Waals surface area contributed by atoms with Crippen molar-refractivity contribution in [3.63, 3.8) is 0 Å². The molecule has 15 heavy (non-hydrogen) atoms. The molecule has 1 saturated heterocycles. The van der Waals surface area contributed by atoms with Crippen LogP contribution in [0.25, 0.3) is 0 Å². The van der Waals surface area contributed by atoms with Gasteiger partial charge in [-0.15, -0.1) is 0 Å². The lowest BCUT2D eigenvalue weighted by atomic mass is 10.1. The summed E-state index contributed by atoms with van der Waals surface area (Å²) < 4.78 is 0. The number of aryl methyl sites for hydroxylation is 1. The maximum Gasteiger partial charge on any atom is 0.225 e. The van der Waals surface area contributed by atoms with Crippen LogP contribution in [0.2, 0.25) is 0 Å². The maximum absolute atomic E-state index is 11.1. The molecule has 0 saturated carbocycles. The van der Waals surface area contributed by atoms with Crippen molar-refractivity contribution in [2.75, 3.05) is 18.0 Å². The van der Waals surface area contributed by atoms with Crippen molar-refractivity contribution < 1.29 is 4.79 Å². The van der Waals surface area contributed by atoms with E-state index in [0.717, 1.165) is 31.0 Å². The molecule has 1 aliphatic heterocycles. The lowest BCUT2D eigenvalue weighted by Gasteiger charge is -2.25. The van der Waals surface area contributed by atoms with Gasteiger partial charge in [0.1, 0.15) is 5.78 Å². The van der Waals surface area contributed by atoms with E-state index in [0.29, 0.717) is 18.6 Å². The molecule has 0 atom stereocenters. The number of hydrogen-bond acceptors (Lipinski definition) is 4. The summed E-state index contributed by atoms with van der Waals surface area (Å²) >= 11 is 0. The van der Waals surface area contributed by atoms with Crippen LogP contribution in [0.15, 0.2) is 12.4 Å². The second-order valence-corrected chi connectivity index (χ2v) is 3.77. The van der Waals surface area contributed by atoms with Crippen LogP contribution >= 0.6 is 0 Å². The quantitative estimate of drug-likeness (QED) is 0.728. The van der Waals surface area contributed by atoms with Crippen LogP contribution in [0.4, 0.5) is 5.95 Å². The molecule has 1 fully saturated rings. The number of piperidine rings is 1. The van der Waals surface area contributed by atoms with E-state index < -0.39 is 0 Å². The van der Waals surface area contributed by atoms with Crippen molar-refractivity contribution in [1.82, 2.24) is 9.97 Å². The van der Waals surface area contributed by atoms with E-state index >= 15 is 0 Å². The van der Waals surface area contributed by atoms with Crippen LogP contribution in [-0.4, -0.2) is 28.8 Å². The van der Waals surface area contributed by atoms with Crippen molar-refractivity contribution in [1.29, 1.82) is 0 Å². The third-order valence-electron chi connectivity index (χ3n) is 2.70. The lowest BCUT2D eigenvalue weighted by Crippen LogP contribution is -2.34. The largest absolute Gasteiger partial charge is 0.340 e. The smallest absolute Gasteiger partial charge is 0.225 e. The fraction of sp³-hybridized carbons (Fsp3) is 0.545. The molecular formula is C11H15N3O. The Morgan fingerprint density at radius 3 is 2.40 bits per heavy atom. The fourth-order valence-electron chi connectivity index (χ4n) is 1.65. The topological polar surface area (TPSA) is 46.1 Å². The number of anilines is 1. The molecule has 2 heterocycles. The zero-order valence-corrected chi connectivity index (χ0v) is 8.94. The molecule has 0 N–H and O–H groups in total. The first-order valence-corrected chi connectivity index (χ1v) is 5.37. The van der Waals surface area contributed by atoms with Crippen LogP contribution in [0.1, 0.15) is 25.3 Å². The first kappa shape index (κ1) is 10.1. The van der Waals surface area contributed by atoms with Gasteiger partial charge in [-0.05, 0) is 12.0 Å². The minimum Gasteiger partial charge on any atom is -0.340 e. The molecule has 0 bridgehead atoms. The van der Waals surface area contributed by atoms with E-state index in [2.05, 4.69) is 21.8 Å². The Hall–Kier alpha value is -1.45.